The zero-order valence-corrected chi connectivity index (χ0v) is 27.9. The summed E-state index contributed by atoms with van der Waals surface area (Å²) < 4.78 is 5.55. The van der Waals surface area contributed by atoms with Gasteiger partial charge in [-0.2, -0.15) is 0 Å². The van der Waals surface area contributed by atoms with Crippen LogP contribution in [-0.2, 0) is 23.9 Å². The Morgan fingerprint density at radius 1 is 0.787 bits per heavy atom. The average molecular weight is 648 g/mol. The molecule has 0 unspecified atom stereocenters. The second kappa shape index (κ2) is 16.4. The molecule has 0 saturated heterocycles. The van der Waals surface area contributed by atoms with E-state index in [1.807, 2.05) is 82.3 Å². The van der Waals surface area contributed by atoms with Crippen molar-refractivity contribution < 1.29 is 28.7 Å². The van der Waals surface area contributed by atoms with Crippen LogP contribution in [-0.4, -0.2) is 66.4 Å². The van der Waals surface area contributed by atoms with Crippen LogP contribution in [0, 0.1) is 5.41 Å². The van der Waals surface area contributed by atoms with Gasteiger partial charge >= 0.3 is 6.09 Å². The van der Waals surface area contributed by atoms with E-state index in [4.69, 9.17) is 4.74 Å². The predicted octanol–water partition coefficient (Wildman–Crippen LogP) is 4.47. The van der Waals surface area contributed by atoms with Crippen LogP contribution in [0.3, 0.4) is 0 Å². The third-order valence-electron chi connectivity index (χ3n) is 8.45. The van der Waals surface area contributed by atoms with Crippen LogP contribution in [0.25, 0.3) is 11.1 Å². The largest absolute Gasteiger partial charge is 0.446 e. The summed E-state index contributed by atoms with van der Waals surface area (Å²) in [6, 6.07) is 14.4. The van der Waals surface area contributed by atoms with Gasteiger partial charge in [-0.25, -0.2) is 4.79 Å². The van der Waals surface area contributed by atoms with Gasteiger partial charge in [0.25, 0.3) is 5.91 Å². The Hall–Kier alpha value is -4.41. The molecule has 2 saturated carbocycles. The zero-order chi connectivity index (χ0) is 34.0. The number of alkyl carbamates (subject to hydrolysis) is 1. The zero-order valence-electron chi connectivity index (χ0n) is 27.9. The van der Waals surface area contributed by atoms with Crippen molar-refractivity contribution in [1.82, 2.24) is 21.3 Å². The molecule has 2 aliphatic carbocycles. The molecule has 0 radical (unpaired) electrons. The summed E-state index contributed by atoms with van der Waals surface area (Å²) in [6.07, 6.45) is 5.16. The highest BCUT2D eigenvalue weighted by molar-refractivity contribution is 6.38. The SMILES string of the molecule is CCC[C@H](NC(=O)[C@H](CNc1ccc(-c2ccccc2)cc1)NC(=O)[C@@H](NC(=O)OC1CCCC1)C(C)(C)C)C(=O)C(=O)NC1CC1. The second-order valence-electron chi connectivity index (χ2n) is 13.6. The molecule has 4 amide bonds. The van der Waals surface area contributed by atoms with Gasteiger partial charge in [0.05, 0.1) is 6.04 Å². The highest BCUT2D eigenvalue weighted by Gasteiger charge is 2.37. The Morgan fingerprint density at radius 2 is 1.40 bits per heavy atom. The molecule has 3 atom stereocenters. The average Bonchev–Trinajstić information content (AvgIpc) is 3.72. The third-order valence-corrected chi connectivity index (χ3v) is 8.45. The van der Waals surface area contributed by atoms with Gasteiger partial charge in [-0.1, -0.05) is 76.6 Å². The van der Waals surface area contributed by atoms with E-state index in [1.165, 1.54) is 0 Å². The maximum absolute atomic E-state index is 13.8. The van der Waals surface area contributed by atoms with Crippen molar-refractivity contribution in [2.24, 2.45) is 5.41 Å². The van der Waals surface area contributed by atoms with E-state index in [-0.39, 0.29) is 25.1 Å². The van der Waals surface area contributed by atoms with E-state index in [0.717, 1.165) is 49.7 Å². The van der Waals surface area contributed by atoms with Gasteiger partial charge in [-0.3, -0.25) is 19.2 Å². The summed E-state index contributed by atoms with van der Waals surface area (Å²) in [7, 11) is 0. The fourth-order valence-electron chi connectivity index (χ4n) is 5.55. The normalized spacial score (nSPS) is 16.7. The Bertz CT molecular complexity index is 1380. The number of anilines is 1. The Labute approximate surface area is 277 Å². The van der Waals surface area contributed by atoms with E-state index in [0.29, 0.717) is 12.1 Å². The molecule has 4 rings (SSSR count). The molecule has 0 aromatic heterocycles. The van der Waals surface area contributed by atoms with Crippen LogP contribution >= 0.6 is 0 Å². The van der Waals surface area contributed by atoms with Gasteiger partial charge in [0.2, 0.25) is 17.6 Å². The smallest absolute Gasteiger partial charge is 0.408 e. The number of benzene rings is 2. The number of carbonyl (C=O) groups excluding carboxylic acids is 5. The molecule has 47 heavy (non-hydrogen) atoms. The van der Waals surface area contributed by atoms with Crippen molar-refractivity contribution in [2.45, 2.75) is 109 Å². The van der Waals surface area contributed by atoms with Gasteiger partial charge < -0.3 is 31.3 Å². The first-order chi connectivity index (χ1) is 22.4. The number of hydrogen-bond donors (Lipinski definition) is 5. The standard InChI is InChI=1S/C36H49N5O6/c1-5-11-28(30(42)33(44)38-26-20-21-26)39-32(43)29(22-37-25-18-16-24(17-19-25)23-12-7-6-8-13-23)40-34(45)31(36(2,3)4)41-35(46)47-27-14-9-10-15-27/h6-8,12-13,16-19,26-29,31,37H,5,9-11,14-15,20-22H2,1-4H3,(H,38,44)(H,39,43)(H,40,45)(H,41,46)/t28-,29-,31+/m0/s1. The van der Waals surface area contributed by atoms with Crippen molar-refractivity contribution in [1.29, 1.82) is 0 Å². The third kappa shape index (κ3) is 10.8. The summed E-state index contributed by atoms with van der Waals surface area (Å²) in [5.74, 6) is -2.64. The lowest BCUT2D eigenvalue weighted by Gasteiger charge is -2.32. The van der Waals surface area contributed by atoms with Crippen LogP contribution in [0.4, 0.5) is 10.5 Å². The van der Waals surface area contributed by atoms with Crippen molar-refractivity contribution in [3.05, 3.63) is 54.6 Å². The molecule has 0 aliphatic heterocycles. The first-order valence-electron chi connectivity index (χ1n) is 16.8. The van der Waals surface area contributed by atoms with Crippen LogP contribution in [0.2, 0.25) is 0 Å². The van der Waals surface area contributed by atoms with Crippen molar-refractivity contribution in [3.63, 3.8) is 0 Å². The monoisotopic (exact) mass is 647 g/mol. The molecular weight excluding hydrogens is 598 g/mol. The fraction of sp³-hybridized carbons (Fsp3) is 0.528. The van der Waals surface area contributed by atoms with E-state index in [1.54, 1.807) is 0 Å². The van der Waals surface area contributed by atoms with Gasteiger partial charge in [0.1, 0.15) is 18.2 Å². The Balaban J connectivity index is 1.49. The Morgan fingerprint density at radius 3 is 2.00 bits per heavy atom. The lowest BCUT2D eigenvalue weighted by molar-refractivity contribution is -0.140. The number of amides is 4. The van der Waals surface area contributed by atoms with Crippen LogP contribution in [0.15, 0.2) is 54.6 Å². The lowest BCUT2D eigenvalue weighted by atomic mass is 9.86. The van der Waals surface area contributed by atoms with E-state index < -0.39 is 53.1 Å². The maximum atomic E-state index is 13.8. The van der Waals surface area contributed by atoms with Crippen LogP contribution < -0.4 is 26.6 Å². The van der Waals surface area contributed by atoms with Crippen LogP contribution in [0.5, 0.6) is 0 Å². The number of hydrogen-bond acceptors (Lipinski definition) is 7. The topological polar surface area (TPSA) is 155 Å². The van der Waals surface area contributed by atoms with E-state index >= 15 is 0 Å². The molecule has 0 heterocycles. The van der Waals surface area contributed by atoms with Crippen molar-refractivity contribution >= 4 is 35.3 Å². The fourth-order valence-corrected chi connectivity index (χ4v) is 5.55. The molecule has 11 heteroatoms. The summed E-state index contributed by atoms with van der Waals surface area (Å²) in [5.41, 5.74) is 2.08. The molecule has 11 nitrogen and oxygen atoms in total. The molecule has 0 spiro atoms. The quantitative estimate of drug-likeness (QED) is 0.179. The van der Waals surface area contributed by atoms with Gasteiger partial charge in [0, 0.05) is 18.3 Å². The minimum Gasteiger partial charge on any atom is -0.446 e. The number of nitrogens with one attached hydrogen (secondary N) is 5. The summed E-state index contributed by atoms with van der Waals surface area (Å²) >= 11 is 0. The van der Waals surface area contributed by atoms with Gasteiger partial charge in [-0.15, -0.1) is 0 Å². The molecular formula is C36H49N5O6. The van der Waals surface area contributed by atoms with Gasteiger partial charge in [0.15, 0.2) is 0 Å². The summed E-state index contributed by atoms with van der Waals surface area (Å²) in [5, 5.41) is 14.1. The number of carbonyl (C=O) groups is 5. The molecule has 2 aliphatic rings. The first kappa shape index (κ1) is 35.4. The highest BCUT2D eigenvalue weighted by Crippen LogP contribution is 2.24. The van der Waals surface area contributed by atoms with E-state index in [2.05, 4.69) is 26.6 Å². The molecule has 0 bridgehead atoms. The Kier molecular flexibility index (Phi) is 12.4. The number of rotatable bonds is 15. The minimum atomic E-state index is -1.15. The number of ether oxygens (including phenoxy) is 1. The number of ketones is 1. The summed E-state index contributed by atoms with van der Waals surface area (Å²) in [6.45, 7) is 7.26. The van der Waals surface area contributed by atoms with Crippen molar-refractivity contribution in [3.8, 4) is 11.1 Å². The second-order valence-corrected chi connectivity index (χ2v) is 13.6. The molecule has 5 N–H and O–H groups in total. The summed E-state index contributed by atoms with van der Waals surface area (Å²) in [4.78, 5) is 65.9. The lowest BCUT2D eigenvalue weighted by Crippen LogP contribution is -2.60. The molecule has 2 aromatic carbocycles. The first-order valence-corrected chi connectivity index (χ1v) is 16.8. The highest BCUT2D eigenvalue weighted by atomic mass is 16.6. The maximum Gasteiger partial charge on any atom is 0.408 e. The predicted molar refractivity (Wildman–Crippen MR) is 180 cm³/mol. The van der Waals surface area contributed by atoms with E-state index in [9.17, 15) is 24.0 Å². The number of Topliss-reactive ketones (excluding diaryl/α,β-unsaturated/α-hetero) is 1. The van der Waals surface area contributed by atoms with Gasteiger partial charge in [-0.05, 0) is 73.6 Å². The van der Waals surface area contributed by atoms with Crippen LogP contribution in [0.1, 0.15) is 79.1 Å². The molecule has 254 valence electrons. The molecule has 2 aromatic rings. The minimum absolute atomic E-state index is 0.00358. The molecule has 2 fully saturated rings. The van der Waals surface area contributed by atoms with Crippen molar-refractivity contribution in [2.75, 3.05) is 11.9 Å².